The highest BCUT2D eigenvalue weighted by atomic mass is 16.1. The van der Waals surface area contributed by atoms with Crippen LogP contribution in [0.4, 0.5) is 0 Å². The minimum absolute atomic E-state index is 0.750. The predicted molar refractivity (Wildman–Crippen MR) is 40.7 cm³/mol. The maximum atomic E-state index is 8.81. The fourth-order valence-electron chi connectivity index (χ4n) is 0.448. The molecule has 0 atom stereocenters. The van der Waals surface area contributed by atoms with Crippen molar-refractivity contribution in [3.05, 3.63) is 30.1 Å². The van der Waals surface area contributed by atoms with Crippen molar-refractivity contribution in [1.82, 2.24) is 4.98 Å². The number of rotatable bonds is 0. The van der Waals surface area contributed by atoms with E-state index >= 15 is 0 Å². The van der Waals surface area contributed by atoms with Crippen molar-refractivity contribution >= 4 is 6.29 Å². The van der Waals surface area contributed by atoms with Crippen molar-refractivity contribution in [1.29, 1.82) is 0 Å². The van der Waals surface area contributed by atoms with Gasteiger partial charge >= 0.3 is 0 Å². The summed E-state index contributed by atoms with van der Waals surface area (Å²) in [6.45, 7) is 3.47. The minimum atomic E-state index is 0.750. The predicted octanol–water partition coefficient (Wildman–Crippen LogP) is 1.60. The summed E-state index contributed by atoms with van der Waals surface area (Å²) in [7, 11) is 0. The Balaban J connectivity index is 0.000000236. The first-order chi connectivity index (χ1) is 4.81. The average molecular weight is 137 g/mol. The summed E-state index contributed by atoms with van der Waals surface area (Å²) in [5.41, 5.74) is 1.21. The van der Waals surface area contributed by atoms with Crippen molar-refractivity contribution in [3.63, 3.8) is 0 Å². The summed E-state index contributed by atoms with van der Waals surface area (Å²) in [4.78, 5) is 12.7. The van der Waals surface area contributed by atoms with E-state index in [0.717, 1.165) is 6.29 Å². The molecule has 0 aliphatic heterocycles. The lowest BCUT2D eigenvalue weighted by Crippen LogP contribution is -1.69. The molecule has 10 heavy (non-hydrogen) atoms. The maximum absolute atomic E-state index is 8.81. The van der Waals surface area contributed by atoms with Crippen LogP contribution in [0.15, 0.2) is 24.5 Å². The lowest BCUT2D eigenvalue weighted by Gasteiger charge is -1.82. The molecular weight excluding hydrogens is 126 g/mol. The molecule has 1 heterocycles. The molecule has 0 bridgehead atoms. The number of hydrogen-bond acceptors (Lipinski definition) is 2. The van der Waals surface area contributed by atoms with E-state index in [-0.39, 0.29) is 0 Å². The summed E-state index contributed by atoms with van der Waals surface area (Å²) in [5, 5.41) is 0. The highest BCUT2D eigenvalue weighted by molar-refractivity contribution is 5.44. The summed E-state index contributed by atoms with van der Waals surface area (Å²) in [6.07, 6.45) is 4.35. The van der Waals surface area contributed by atoms with E-state index in [9.17, 15) is 0 Å². The van der Waals surface area contributed by atoms with E-state index in [0.29, 0.717) is 0 Å². The van der Waals surface area contributed by atoms with Crippen LogP contribution < -0.4 is 0 Å². The number of pyridine rings is 1. The lowest BCUT2D eigenvalue weighted by molar-refractivity contribution is -0.106. The van der Waals surface area contributed by atoms with Gasteiger partial charge in [0.15, 0.2) is 0 Å². The molecule has 1 aromatic heterocycles. The zero-order valence-corrected chi connectivity index (χ0v) is 6.24. The Morgan fingerprint density at radius 1 is 1.60 bits per heavy atom. The van der Waals surface area contributed by atoms with E-state index in [1.807, 2.05) is 25.3 Å². The van der Waals surface area contributed by atoms with Gasteiger partial charge in [-0.2, -0.15) is 0 Å². The Morgan fingerprint density at radius 2 is 2.20 bits per heavy atom. The highest BCUT2D eigenvalue weighted by Crippen LogP contribution is 1.88. The second-order valence-electron chi connectivity index (χ2n) is 1.77. The highest BCUT2D eigenvalue weighted by Gasteiger charge is 1.73. The fourth-order valence-corrected chi connectivity index (χ4v) is 0.448. The van der Waals surface area contributed by atoms with Gasteiger partial charge in [0, 0.05) is 12.4 Å². The quantitative estimate of drug-likeness (QED) is 0.508. The molecule has 0 radical (unpaired) electrons. The van der Waals surface area contributed by atoms with Gasteiger partial charge in [-0.1, -0.05) is 6.07 Å². The number of carbonyl (C=O) groups is 1. The van der Waals surface area contributed by atoms with Crippen molar-refractivity contribution in [2.75, 3.05) is 0 Å². The van der Waals surface area contributed by atoms with E-state index in [1.54, 1.807) is 6.20 Å². The Bertz CT molecular complexity index is 172. The Hall–Kier alpha value is -1.18. The van der Waals surface area contributed by atoms with Crippen LogP contribution >= 0.6 is 0 Å². The van der Waals surface area contributed by atoms with Crippen LogP contribution in [0, 0.1) is 6.92 Å². The number of carbonyl (C=O) groups excluding carboxylic acids is 1. The van der Waals surface area contributed by atoms with Crippen molar-refractivity contribution in [3.8, 4) is 0 Å². The molecule has 0 saturated heterocycles. The number of aryl methyl sites for hydroxylation is 1. The molecule has 0 aromatic carbocycles. The molecule has 1 rings (SSSR count). The molecule has 0 aliphatic carbocycles. The molecule has 0 aliphatic rings. The summed E-state index contributed by atoms with van der Waals surface area (Å²) >= 11 is 0. The molecule has 0 N–H and O–H groups in total. The van der Waals surface area contributed by atoms with Gasteiger partial charge in [0.2, 0.25) is 0 Å². The van der Waals surface area contributed by atoms with Crippen LogP contribution in [0.25, 0.3) is 0 Å². The summed E-state index contributed by atoms with van der Waals surface area (Å²) < 4.78 is 0. The molecule has 0 saturated carbocycles. The normalized spacial score (nSPS) is 7.40. The molecule has 2 nitrogen and oxygen atoms in total. The van der Waals surface area contributed by atoms with E-state index in [2.05, 4.69) is 4.98 Å². The summed E-state index contributed by atoms with van der Waals surface area (Å²) in [6, 6.07) is 3.95. The average Bonchev–Trinajstić information content (AvgIpc) is 1.91. The minimum Gasteiger partial charge on any atom is -0.304 e. The van der Waals surface area contributed by atoms with Crippen LogP contribution in [-0.4, -0.2) is 11.3 Å². The van der Waals surface area contributed by atoms with E-state index < -0.39 is 0 Å². The lowest BCUT2D eigenvalue weighted by atomic mass is 10.3. The largest absolute Gasteiger partial charge is 0.304 e. The third kappa shape index (κ3) is 4.97. The standard InChI is InChI=1S/C6H7N.C2H4O/c1-6-3-2-4-7-5-6;1-2-3/h2-5H,1H3;2H,1H3. The maximum Gasteiger partial charge on any atom is 0.116 e. The zero-order chi connectivity index (χ0) is 7.82. The van der Waals surface area contributed by atoms with Gasteiger partial charge in [-0.15, -0.1) is 0 Å². The first kappa shape index (κ1) is 8.82. The molecule has 0 fully saturated rings. The molecule has 0 unspecified atom stereocenters. The number of aldehydes is 1. The van der Waals surface area contributed by atoms with Gasteiger partial charge in [-0.05, 0) is 25.5 Å². The Morgan fingerprint density at radius 3 is 2.40 bits per heavy atom. The topological polar surface area (TPSA) is 30.0 Å². The Labute approximate surface area is 60.9 Å². The van der Waals surface area contributed by atoms with Gasteiger partial charge in [-0.25, -0.2) is 0 Å². The molecule has 1 aromatic rings. The molecule has 0 amide bonds. The van der Waals surface area contributed by atoms with Crippen LogP contribution in [0.5, 0.6) is 0 Å². The van der Waals surface area contributed by atoms with Gasteiger partial charge in [-0.3, -0.25) is 4.98 Å². The smallest absolute Gasteiger partial charge is 0.116 e. The second kappa shape index (κ2) is 5.95. The van der Waals surface area contributed by atoms with Gasteiger partial charge in [0.1, 0.15) is 6.29 Å². The monoisotopic (exact) mass is 137 g/mol. The van der Waals surface area contributed by atoms with Gasteiger partial charge in [0.05, 0.1) is 0 Å². The molecule has 54 valence electrons. The summed E-state index contributed by atoms with van der Waals surface area (Å²) in [5.74, 6) is 0. The first-order valence-corrected chi connectivity index (χ1v) is 3.07. The van der Waals surface area contributed by atoms with Crippen LogP contribution in [-0.2, 0) is 4.79 Å². The van der Waals surface area contributed by atoms with E-state index in [1.165, 1.54) is 12.5 Å². The van der Waals surface area contributed by atoms with Crippen molar-refractivity contribution < 1.29 is 4.79 Å². The molecule has 2 heteroatoms. The first-order valence-electron chi connectivity index (χ1n) is 3.07. The third-order valence-corrected chi connectivity index (χ3v) is 0.809. The van der Waals surface area contributed by atoms with Crippen molar-refractivity contribution in [2.24, 2.45) is 0 Å². The number of aromatic nitrogens is 1. The van der Waals surface area contributed by atoms with Gasteiger partial charge in [0.25, 0.3) is 0 Å². The van der Waals surface area contributed by atoms with Crippen LogP contribution in [0.1, 0.15) is 12.5 Å². The van der Waals surface area contributed by atoms with Gasteiger partial charge < -0.3 is 4.79 Å². The number of nitrogens with zero attached hydrogens (tertiary/aromatic N) is 1. The fraction of sp³-hybridized carbons (Fsp3) is 0.250. The van der Waals surface area contributed by atoms with E-state index in [4.69, 9.17) is 4.79 Å². The second-order valence-corrected chi connectivity index (χ2v) is 1.77. The Kier molecular flexibility index (Phi) is 5.25. The molecular formula is C8H11NO. The van der Waals surface area contributed by atoms with Crippen molar-refractivity contribution in [2.45, 2.75) is 13.8 Å². The van der Waals surface area contributed by atoms with Crippen LogP contribution in [0.2, 0.25) is 0 Å². The zero-order valence-electron chi connectivity index (χ0n) is 6.24. The number of hydrogen-bond donors (Lipinski definition) is 0. The van der Waals surface area contributed by atoms with Crippen LogP contribution in [0.3, 0.4) is 0 Å². The SMILES string of the molecule is CC=O.Cc1cccnc1. The third-order valence-electron chi connectivity index (χ3n) is 0.809. The molecule has 0 spiro atoms.